The summed E-state index contributed by atoms with van der Waals surface area (Å²) >= 11 is 0. The summed E-state index contributed by atoms with van der Waals surface area (Å²) in [5.74, 6) is -1.23. The zero-order valence-corrected chi connectivity index (χ0v) is 28.5. The summed E-state index contributed by atoms with van der Waals surface area (Å²) in [7, 11) is -1.91. The molecule has 3 N–H and O–H groups in total. The van der Waals surface area contributed by atoms with Gasteiger partial charge >= 0.3 is 5.97 Å². The summed E-state index contributed by atoms with van der Waals surface area (Å²) in [6, 6.07) is -1.28. The summed E-state index contributed by atoms with van der Waals surface area (Å²) in [6.07, 6.45) is 32.4. The number of nitrogens with one attached hydrogen (secondary N) is 1. The third-order valence-electron chi connectivity index (χ3n) is 8.25. The van der Waals surface area contributed by atoms with Crippen molar-refractivity contribution < 1.29 is 24.6 Å². The van der Waals surface area contributed by atoms with Gasteiger partial charge in [-0.05, 0) is 12.8 Å². The molecule has 0 aromatic rings. The molecule has 0 aromatic heterocycles. The van der Waals surface area contributed by atoms with Gasteiger partial charge in [0.15, 0.2) is 11.0 Å². The van der Waals surface area contributed by atoms with E-state index >= 15 is 0 Å². The van der Waals surface area contributed by atoms with Crippen molar-refractivity contribution in [2.45, 2.75) is 200 Å². The Morgan fingerprint density at radius 2 is 0.762 bits per heavy atom. The second kappa shape index (κ2) is 31.6. The summed E-state index contributed by atoms with van der Waals surface area (Å²) < 4.78 is 0. The Kier molecular flexibility index (Phi) is 30.9. The maximum atomic E-state index is 13.0. The van der Waals surface area contributed by atoms with Crippen LogP contribution in [0.2, 0.25) is 0 Å². The molecule has 1 unspecified atom stereocenters. The second-order valence-electron chi connectivity index (χ2n) is 12.3. The van der Waals surface area contributed by atoms with Gasteiger partial charge in [0, 0.05) is 12.8 Å². The number of aliphatic hydroxyl groups is 1. The van der Waals surface area contributed by atoms with Gasteiger partial charge in [-0.3, -0.25) is 19.5 Å². The predicted molar refractivity (Wildman–Crippen MR) is 179 cm³/mol. The van der Waals surface area contributed by atoms with E-state index in [1.54, 1.807) is 0 Å². The first kappa shape index (κ1) is 41.2. The fourth-order valence-electron chi connectivity index (χ4n) is 5.42. The Balaban J connectivity index is 4.14. The monoisotopic (exact) mass is 613 g/mol. The van der Waals surface area contributed by atoms with Gasteiger partial charge in [0.05, 0.1) is 6.61 Å². The average Bonchev–Trinajstić information content (AvgIpc) is 2.98. The molecule has 0 radical (unpaired) electrons. The molecule has 0 rings (SSSR count). The van der Waals surface area contributed by atoms with Crippen molar-refractivity contribution in [3.8, 4) is 0 Å². The van der Waals surface area contributed by atoms with Gasteiger partial charge in [0.25, 0.3) is 0 Å². The van der Waals surface area contributed by atoms with Crippen LogP contribution in [0, 0.1) is 0 Å². The van der Waals surface area contributed by atoms with Gasteiger partial charge in [-0.2, -0.15) is 0 Å². The van der Waals surface area contributed by atoms with Gasteiger partial charge in [-0.15, -0.1) is 0 Å². The Hall–Kier alpha value is -0.840. The molecule has 42 heavy (non-hydrogen) atoms. The molecule has 0 spiro atoms. The Labute approximate surface area is 260 Å². The highest BCUT2D eigenvalue weighted by molar-refractivity contribution is 7.87. The smallest absolute Gasteiger partial charge is 0.323 e. The number of aliphatic hydroxyl groups excluding tert-OH is 1. The van der Waals surface area contributed by atoms with Gasteiger partial charge in [-0.1, -0.05) is 168 Å². The number of carboxylic acid groups (broad SMARTS) is 1. The van der Waals surface area contributed by atoms with Gasteiger partial charge in [-0.25, -0.2) is 0 Å². The molecular formula is C35H68NO5P. The minimum Gasteiger partial charge on any atom is -0.480 e. The molecule has 0 aromatic carbocycles. The van der Waals surface area contributed by atoms with Crippen molar-refractivity contribution in [2.24, 2.45) is 0 Å². The van der Waals surface area contributed by atoms with E-state index in [0.29, 0.717) is 12.8 Å². The Morgan fingerprint density at radius 3 is 1.00 bits per heavy atom. The molecule has 1 atom stereocenters. The van der Waals surface area contributed by atoms with Crippen molar-refractivity contribution in [3.63, 3.8) is 0 Å². The van der Waals surface area contributed by atoms with Crippen molar-refractivity contribution in [1.82, 2.24) is 5.09 Å². The Morgan fingerprint density at radius 1 is 0.500 bits per heavy atom. The molecule has 6 nitrogen and oxygen atoms in total. The first-order chi connectivity index (χ1) is 20.5. The highest BCUT2D eigenvalue weighted by atomic mass is 31.1. The number of hydrogen-bond donors (Lipinski definition) is 3. The molecule has 7 heteroatoms. The first-order valence-corrected chi connectivity index (χ1v) is 19.3. The van der Waals surface area contributed by atoms with E-state index < -0.39 is 26.7 Å². The van der Waals surface area contributed by atoms with Crippen LogP contribution in [0.4, 0.5) is 0 Å². The lowest BCUT2D eigenvalue weighted by atomic mass is 10.0. The maximum absolute atomic E-state index is 13.0. The summed E-state index contributed by atoms with van der Waals surface area (Å²) in [6.45, 7) is 3.87. The summed E-state index contributed by atoms with van der Waals surface area (Å²) in [5, 5.41) is 21.5. The van der Waals surface area contributed by atoms with E-state index in [9.17, 15) is 24.6 Å². The summed E-state index contributed by atoms with van der Waals surface area (Å²) in [5.41, 5.74) is -0.347. The molecule has 248 valence electrons. The molecule has 0 saturated heterocycles. The van der Waals surface area contributed by atoms with E-state index in [-0.39, 0.29) is 11.0 Å². The van der Waals surface area contributed by atoms with Crippen LogP contribution < -0.4 is 5.09 Å². The maximum Gasteiger partial charge on any atom is 0.323 e. The number of carbonyl (C=O) groups is 3. The van der Waals surface area contributed by atoms with Crippen LogP contribution in [0.25, 0.3) is 0 Å². The zero-order chi connectivity index (χ0) is 31.1. The van der Waals surface area contributed by atoms with Gasteiger partial charge in [0.2, 0.25) is 0 Å². The van der Waals surface area contributed by atoms with Crippen LogP contribution in [0.5, 0.6) is 0 Å². The van der Waals surface area contributed by atoms with E-state index in [1.807, 2.05) is 0 Å². The number of hydrogen-bond acceptors (Lipinski definition) is 5. The average molecular weight is 614 g/mol. The Bertz CT molecular complexity index is 603. The van der Waals surface area contributed by atoms with Crippen molar-refractivity contribution in [2.75, 3.05) is 6.61 Å². The molecule has 0 fully saturated rings. The van der Waals surface area contributed by atoms with E-state index in [0.717, 1.165) is 38.5 Å². The predicted octanol–water partition coefficient (Wildman–Crippen LogP) is 10.4. The molecule has 0 aliphatic rings. The lowest BCUT2D eigenvalue weighted by Crippen LogP contribution is -2.39. The van der Waals surface area contributed by atoms with E-state index in [4.69, 9.17) is 0 Å². The number of carboxylic acids is 1. The summed E-state index contributed by atoms with van der Waals surface area (Å²) in [4.78, 5) is 37.4. The number of aliphatic carboxylic acids is 1. The molecule has 0 saturated carbocycles. The van der Waals surface area contributed by atoms with Gasteiger partial charge < -0.3 is 10.2 Å². The van der Waals surface area contributed by atoms with Crippen LogP contribution >= 0.6 is 8.07 Å². The fourth-order valence-corrected chi connectivity index (χ4v) is 7.26. The third kappa shape index (κ3) is 25.6. The lowest BCUT2D eigenvalue weighted by molar-refractivity contribution is -0.139. The number of carbonyl (C=O) groups excluding carboxylic acids is 2. The third-order valence-corrected chi connectivity index (χ3v) is 10.3. The fraction of sp³-hybridized carbons (Fsp3) is 0.914. The first-order valence-electron chi connectivity index (χ1n) is 17.9. The quantitative estimate of drug-likeness (QED) is 0.0493. The van der Waals surface area contributed by atoms with Crippen molar-refractivity contribution in [1.29, 1.82) is 0 Å². The van der Waals surface area contributed by atoms with E-state index in [1.165, 1.54) is 128 Å². The van der Waals surface area contributed by atoms with Crippen LogP contribution in [0.1, 0.15) is 194 Å². The van der Waals surface area contributed by atoms with Crippen molar-refractivity contribution in [3.05, 3.63) is 0 Å². The number of unbranched alkanes of at least 4 members (excludes halogenated alkanes) is 24. The van der Waals surface area contributed by atoms with Crippen LogP contribution in [0.15, 0.2) is 0 Å². The molecule has 0 amide bonds. The topological polar surface area (TPSA) is 104 Å². The SMILES string of the molecule is CCCCCCCCCCCCCCCC(=O)P(NC(CO)C(=O)O)C(=O)CCCCCCCCCCCCCCC. The van der Waals surface area contributed by atoms with Gasteiger partial charge in [0.1, 0.15) is 14.1 Å². The minimum atomic E-state index is -1.91. The lowest BCUT2D eigenvalue weighted by Gasteiger charge is -2.20. The van der Waals surface area contributed by atoms with Crippen LogP contribution in [-0.4, -0.2) is 39.9 Å². The van der Waals surface area contributed by atoms with E-state index in [2.05, 4.69) is 18.9 Å². The zero-order valence-electron chi connectivity index (χ0n) is 27.6. The molecular weight excluding hydrogens is 545 g/mol. The molecule has 0 heterocycles. The second-order valence-corrected chi connectivity index (χ2v) is 14.2. The van der Waals surface area contributed by atoms with Crippen molar-refractivity contribution >= 4 is 25.1 Å². The highest BCUT2D eigenvalue weighted by Crippen LogP contribution is 2.38. The molecule has 0 aliphatic carbocycles. The molecule has 0 aliphatic heterocycles. The largest absolute Gasteiger partial charge is 0.480 e. The molecule has 0 bridgehead atoms. The number of rotatable bonds is 34. The minimum absolute atomic E-state index is 0.174. The van der Waals surface area contributed by atoms with Crippen LogP contribution in [0.3, 0.4) is 0 Å². The standard InChI is InChI=1S/C35H68NO5P/c1-3-5-7-9-11-13-15-17-19-21-23-25-27-29-33(38)42(36-32(31-37)35(40)41)34(39)30-28-26-24-22-20-18-16-14-12-10-8-6-4-2/h32,36-37H,3-31H2,1-2H3,(H,40,41). The highest BCUT2D eigenvalue weighted by Gasteiger charge is 2.30. The normalized spacial score (nSPS) is 12.2. The van der Waals surface area contributed by atoms with Crippen LogP contribution in [-0.2, 0) is 14.4 Å².